The number of rotatable bonds is 3. The molecule has 1 fully saturated rings. The number of amides is 2. The molecule has 2 aliphatic rings. The normalized spacial score (nSPS) is 18.5. The molecule has 1 aromatic rings. The molecule has 0 unspecified atom stereocenters. The van der Waals surface area contributed by atoms with Crippen LogP contribution in [0.25, 0.3) is 0 Å². The summed E-state index contributed by atoms with van der Waals surface area (Å²) in [5.74, 6) is 1.63. The summed E-state index contributed by atoms with van der Waals surface area (Å²) in [6.07, 6.45) is 4.53. The topological polar surface area (TPSA) is 71.3 Å². The largest absolute Gasteiger partial charge is 0.339 e. The lowest BCUT2D eigenvalue weighted by molar-refractivity contribution is -0.136. The maximum absolute atomic E-state index is 12.4. The molecule has 0 N–H and O–H groups in total. The molecule has 3 heterocycles. The third kappa shape index (κ3) is 3.85. The zero-order chi connectivity index (χ0) is 16.2. The molecular weight excluding hydrogens is 314 g/mol. The second-order valence-electron chi connectivity index (χ2n) is 6.04. The number of hydrogen-bond donors (Lipinski definition) is 0. The third-order valence-electron chi connectivity index (χ3n) is 4.48. The van der Waals surface area contributed by atoms with Crippen LogP contribution in [-0.2, 0) is 22.6 Å². The molecule has 8 heteroatoms. The Bertz CT molecular complexity index is 580. The molecule has 23 heavy (non-hydrogen) atoms. The van der Waals surface area contributed by atoms with Crippen LogP contribution in [0.15, 0.2) is 5.16 Å². The van der Waals surface area contributed by atoms with Crippen LogP contribution in [0, 0.1) is 0 Å². The van der Waals surface area contributed by atoms with Crippen LogP contribution in [-0.4, -0.2) is 68.3 Å². The molecule has 7 nitrogen and oxygen atoms in total. The SMILES string of the molecule is CC(=O)N1CCN(C(=O)CSc2nnc3n2CCCCC3)CC1. The summed E-state index contributed by atoms with van der Waals surface area (Å²) in [7, 11) is 0. The summed E-state index contributed by atoms with van der Waals surface area (Å²) in [5, 5.41) is 9.36. The fourth-order valence-corrected chi connectivity index (χ4v) is 3.94. The molecule has 126 valence electrons. The molecule has 2 amide bonds. The van der Waals surface area contributed by atoms with Crippen molar-refractivity contribution in [2.24, 2.45) is 0 Å². The van der Waals surface area contributed by atoms with E-state index in [0.29, 0.717) is 31.9 Å². The van der Waals surface area contributed by atoms with E-state index >= 15 is 0 Å². The Hall–Kier alpha value is -1.57. The van der Waals surface area contributed by atoms with Gasteiger partial charge >= 0.3 is 0 Å². The zero-order valence-corrected chi connectivity index (χ0v) is 14.3. The first kappa shape index (κ1) is 16.3. The highest BCUT2D eigenvalue weighted by molar-refractivity contribution is 7.99. The Kier molecular flexibility index (Phi) is 5.20. The molecule has 0 aromatic carbocycles. The maximum atomic E-state index is 12.4. The van der Waals surface area contributed by atoms with Crippen LogP contribution in [0.2, 0.25) is 0 Å². The van der Waals surface area contributed by atoms with Gasteiger partial charge in [-0.25, -0.2) is 0 Å². The number of nitrogens with zero attached hydrogens (tertiary/aromatic N) is 5. The zero-order valence-electron chi connectivity index (χ0n) is 13.5. The summed E-state index contributed by atoms with van der Waals surface area (Å²) in [6, 6.07) is 0. The third-order valence-corrected chi connectivity index (χ3v) is 5.43. The monoisotopic (exact) mass is 337 g/mol. The van der Waals surface area contributed by atoms with Crippen molar-refractivity contribution < 1.29 is 9.59 Å². The molecule has 1 saturated heterocycles. The number of piperazine rings is 1. The van der Waals surface area contributed by atoms with E-state index in [1.807, 2.05) is 4.90 Å². The van der Waals surface area contributed by atoms with Crippen LogP contribution >= 0.6 is 11.8 Å². The number of fused-ring (bicyclic) bond motifs is 1. The van der Waals surface area contributed by atoms with Crippen LogP contribution in [0.4, 0.5) is 0 Å². The van der Waals surface area contributed by atoms with Crippen molar-refractivity contribution in [3.63, 3.8) is 0 Å². The second kappa shape index (κ2) is 7.33. The van der Waals surface area contributed by atoms with Crippen molar-refractivity contribution in [1.29, 1.82) is 0 Å². The summed E-state index contributed by atoms with van der Waals surface area (Å²) in [5.41, 5.74) is 0. The van der Waals surface area contributed by atoms with E-state index in [9.17, 15) is 9.59 Å². The van der Waals surface area contributed by atoms with Crippen LogP contribution in [0.1, 0.15) is 32.0 Å². The summed E-state index contributed by atoms with van der Waals surface area (Å²) in [6.45, 7) is 5.03. The van der Waals surface area contributed by atoms with Gasteiger partial charge in [0.05, 0.1) is 5.75 Å². The molecule has 2 aliphatic heterocycles. The van der Waals surface area contributed by atoms with E-state index in [2.05, 4.69) is 14.8 Å². The lowest BCUT2D eigenvalue weighted by atomic mass is 10.2. The lowest BCUT2D eigenvalue weighted by Crippen LogP contribution is -2.50. The summed E-state index contributed by atoms with van der Waals surface area (Å²) >= 11 is 1.48. The van der Waals surface area contributed by atoms with Crippen molar-refractivity contribution in [3.8, 4) is 0 Å². The van der Waals surface area contributed by atoms with Gasteiger partial charge in [-0.05, 0) is 12.8 Å². The number of aryl methyl sites for hydroxylation is 1. The standard InChI is InChI=1S/C15H23N5O2S/c1-12(21)18-7-9-19(10-8-18)14(22)11-23-15-17-16-13-5-3-2-4-6-20(13)15/h2-11H2,1H3. The van der Waals surface area contributed by atoms with E-state index in [-0.39, 0.29) is 11.8 Å². The van der Waals surface area contributed by atoms with Crippen LogP contribution in [0.5, 0.6) is 0 Å². The fraction of sp³-hybridized carbons (Fsp3) is 0.733. The summed E-state index contributed by atoms with van der Waals surface area (Å²) < 4.78 is 2.17. The minimum absolute atomic E-state index is 0.0811. The Morgan fingerprint density at radius 3 is 2.48 bits per heavy atom. The number of thioether (sulfide) groups is 1. The average molecular weight is 337 g/mol. The van der Waals surface area contributed by atoms with Gasteiger partial charge in [-0.15, -0.1) is 10.2 Å². The number of aromatic nitrogens is 3. The van der Waals surface area contributed by atoms with Gasteiger partial charge in [0.1, 0.15) is 5.82 Å². The highest BCUT2D eigenvalue weighted by atomic mass is 32.2. The number of hydrogen-bond acceptors (Lipinski definition) is 5. The Balaban J connectivity index is 1.52. The van der Waals surface area contributed by atoms with Crippen molar-refractivity contribution in [3.05, 3.63) is 5.82 Å². The number of carbonyl (C=O) groups is 2. The van der Waals surface area contributed by atoms with E-state index in [4.69, 9.17) is 0 Å². The molecule has 3 rings (SSSR count). The van der Waals surface area contributed by atoms with Crippen LogP contribution in [0.3, 0.4) is 0 Å². The molecule has 0 atom stereocenters. The Morgan fingerprint density at radius 2 is 1.74 bits per heavy atom. The van der Waals surface area contributed by atoms with Gasteiger partial charge in [-0.2, -0.15) is 0 Å². The molecule has 0 radical (unpaired) electrons. The minimum atomic E-state index is 0.0811. The minimum Gasteiger partial charge on any atom is -0.339 e. The smallest absolute Gasteiger partial charge is 0.233 e. The summed E-state index contributed by atoms with van der Waals surface area (Å²) in [4.78, 5) is 27.3. The van der Waals surface area contributed by atoms with Gasteiger partial charge in [-0.3, -0.25) is 9.59 Å². The van der Waals surface area contributed by atoms with Gasteiger partial charge < -0.3 is 14.4 Å². The predicted molar refractivity (Wildman–Crippen MR) is 87.1 cm³/mol. The van der Waals surface area contributed by atoms with Gasteiger partial charge in [0, 0.05) is 46.1 Å². The molecular formula is C15H23N5O2S. The highest BCUT2D eigenvalue weighted by Crippen LogP contribution is 2.22. The number of carbonyl (C=O) groups excluding carboxylic acids is 2. The first-order chi connectivity index (χ1) is 11.1. The molecule has 0 saturated carbocycles. The van der Waals surface area contributed by atoms with Gasteiger partial charge in [0.15, 0.2) is 5.16 Å². The quantitative estimate of drug-likeness (QED) is 0.763. The van der Waals surface area contributed by atoms with E-state index in [1.165, 1.54) is 24.6 Å². The maximum Gasteiger partial charge on any atom is 0.233 e. The van der Waals surface area contributed by atoms with Gasteiger partial charge in [-0.1, -0.05) is 18.2 Å². The van der Waals surface area contributed by atoms with Crippen molar-refractivity contribution in [2.45, 2.75) is 44.3 Å². The van der Waals surface area contributed by atoms with Crippen molar-refractivity contribution >= 4 is 23.6 Å². The first-order valence-corrected chi connectivity index (χ1v) is 9.22. The molecule has 0 aliphatic carbocycles. The molecule has 0 spiro atoms. The second-order valence-corrected chi connectivity index (χ2v) is 6.98. The van der Waals surface area contributed by atoms with E-state index in [0.717, 1.165) is 30.4 Å². The average Bonchev–Trinajstić information content (AvgIpc) is 2.79. The van der Waals surface area contributed by atoms with Gasteiger partial charge in [0.2, 0.25) is 11.8 Å². The lowest BCUT2D eigenvalue weighted by Gasteiger charge is -2.34. The van der Waals surface area contributed by atoms with Crippen molar-refractivity contribution in [1.82, 2.24) is 24.6 Å². The van der Waals surface area contributed by atoms with Gasteiger partial charge in [0.25, 0.3) is 0 Å². The highest BCUT2D eigenvalue weighted by Gasteiger charge is 2.23. The predicted octanol–water partition coefficient (Wildman–Crippen LogP) is 0.787. The van der Waals surface area contributed by atoms with Crippen LogP contribution < -0.4 is 0 Å². The van der Waals surface area contributed by atoms with Crippen molar-refractivity contribution in [2.75, 3.05) is 31.9 Å². The molecule has 1 aromatic heterocycles. The Labute approximate surface area is 140 Å². The Morgan fingerprint density at radius 1 is 1.00 bits per heavy atom. The first-order valence-electron chi connectivity index (χ1n) is 8.23. The fourth-order valence-electron chi connectivity index (χ4n) is 3.05. The van der Waals surface area contributed by atoms with E-state index in [1.54, 1.807) is 11.8 Å². The van der Waals surface area contributed by atoms with E-state index < -0.39 is 0 Å². The molecule has 0 bridgehead atoms.